The molecule has 0 aromatic rings. The van der Waals surface area contributed by atoms with Crippen molar-refractivity contribution in [3.8, 4) is 0 Å². The van der Waals surface area contributed by atoms with Gasteiger partial charge < -0.3 is 0 Å². The number of ketones is 2. The molecule has 0 heterocycles. The fourth-order valence-electron chi connectivity index (χ4n) is 5.33. The molecule has 0 aliphatic heterocycles. The van der Waals surface area contributed by atoms with Gasteiger partial charge in [-0.05, 0) is 61.7 Å². The quantitative estimate of drug-likeness (QED) is 0.697. The molecule has 4 saturated carbocycles. The third kappa shape index (κ3) is 2.26. The van der Waals surface area contributed by atoms with Crippen molar-refractivity contribution in [1.29, 1.82) is 0 Å². The van der Waals surface area contributed by atoms with Gasteiger partial charge in [0.25, 0.3) is 0 Å². The van der Waals surface area contributed by atoms with Crippen LogP contribution >= 0.6 is 0 Å². The number of hydrogen-bond donors (Lipinski definition) is 0. The first-order valence-electron chi connectivity index (χ1n) is 7.62. The van der Waals surface area contributed by atoms with Crippen LogP contribution in [0.4, 0.5) is 0 Å². The van der Waals surface area contributed by atoms with Crippen molar-refractivity contribution in [3.05, 3.63) is 0 Å². The van der Waals surface area contributed by atoms with Crippen molar-refractivity contribution >= 4 is 11.6 Å². The zero-order valence-corrected chi connectivity index (χ0v) is 11.4. The monoisotopic (exact) mass is 248 g/mol. The Labute approximate surface area is 110 Å². The lowest BCUT2D eigenvalue weighted by Crippen LogP contribution is -2.46. The van der Waals surface area contributed by atoms with E-state index in [4.69, 9.17) is 0 Å². The molecule has 4 aliphatic rings. The topological polar surface area (TPSA) is 34.1 Å². The van der Waals surface area contributed by atoms with Gasteiger partial charge in [0.1, 0.15) is 11.6 Å². The van der Waals surface area contributed by atoms with E-state index >= 15 is 0 Å². The Balaban J connectivity index is 1.65. The SMILES string of the molecule is CCC(=O)CC(=O)CC12CC3CC(CC(C3)C1)C2. The van der Waals surface area contributed by atoms with Crippen LogP contribution < -0.4 is 0 Å². The van der Waals surface area contributed by atoms with Gasteiger partial charge in [0.2, 0.25) is 0 Å². The number of carbonyl (C=O) groups excluding carboxylic acids is 2. The lowest BCUT2D eigenvalue weighted by atomic mass is 9.48. The Hall–Kier alpha value is -0.660. The lowest BCUT2D eigenvalue weighted by Gasteiger charge is -2.56. The highest BCUT2D eigenvalue weighted by molar-refractivity contribution is 5.99. The molecule has 0 amide bonds. The minimum atomic E-state index is 0.115. The van der Waals surface area contributed by atoms with Crippen molar-refractivity contribution in [2.45, 2.75) is 64.7 Å². The number of rotatable bonds is 5. The standard InChI is InChI=1S/C16H24O2/c1-2-14(17)6-15(18)10-16-7-11-3-12(8-16)5-13(4-11)9-16/h11-13H,2-10H2,1H3. The number of hydrogen-bond acceptors (Lipinski definition) is 2. The molecule has 0 saturated heterocycles. The van der Waals surface area contributed by atoms with E-state index in [-0.39, 0.29) is 18.0 Å². The largest absolute Gasteiger partial charge is 0.299 e. The predicted molar refractivity (Wildman–Crippen MR) is 70.1 cm³/mol. The maximum atomic E-state index is 12.1. The molecule has 0 N–H and O–H groups in total. The third-order valence-electron chi connectivity index (χ3n) is 5.53. The summed E-state index contributed by atoms with van der Waals surface area (Å²) < 4.78 is 0. The van der Waals surface area contributed by atoms with Gasteiger partial charge in [-0.25, -0.2) is 0 Å². The minimum Gasteiger partial charge on any atom is -0.299 e. The molecular formula is C16H24O2. The summed E-state index contributed by atoms with van der Waals surface area (Å²) in [6.07, 6.45) is 9.46. The van der Waals surface area contributed by atoms with Gasteiger partial charge in [0, 0.05) is 12.8 Å². The molecule has 0 unspecified atom stereocenters. The summed E-state index contributed by atoms with van der Waals surface area (Å²) in [5, 5.41) is 0. The van der Waals surface area contributed by atoms with Crippen LogP contribution in [0.2, 0.25) is 0 Å². The van der Waals surface area contributed by atoms with E-state index in [2.05, 4.69) is 0 Å². The molecule has 0 aromatic heterocycles. The van der Waals surface area contributed by atoms with Crippen LogP contribution in [0.3, 0.4) is 0 Å². The molecule has 0 aromatic carbocycles. The summed E-state index contributed by atoms with van der Waals surface area (Å²) in [6, 6.07) is 0. The summed E-state index contributed by atoms with van der Waals surface area (Å²) in [4.78, 5) is 23.5. The average molecular weight is 248 g/mol. The van der Waals surface area contributed by atoms with E-state index in [1.807, 2.05) is 6.92 Å². The molecule has 2 heteroatoms. The highest BCUT2D eigenvalue weighted by Crippen LogP contribution is 2.61. The summed E-state index contributed by atoms with van der Waals surface area (Å²) in [5.41, 5.74) is 0.305. The summed E-state index contributed by atoms with van der Waals surface area (Å²) >= 11 is 0. The first-order chi connectivity index (χ1) is 8.58. The van der Waals surface area contributed by atoms with Crippen LogP contribution in [0, 0.1) is 23.2 Å². The maximum absolute atomic E-state index is 12.1. The maximum Gasteiger partial charge on any atom is 0.140 e. The molecule has 0 radical (unpaired) electrons. The first-order valence-corrected chi connectivity index (χ1v) is 7.62. The second kappa shape index (κ2) is 4.47. The van der Waals surface area contributed by atoms with Crippen molar-refractivity contribution in [2.75, 3.05) is 0 Å². The Morgan fingerprint density at radius 2 is 1.44 bits per heavy atom. The third-order valence-corrected chi connectivity index (χ3v) is 5.53. The zero-order valence-electron chi connectivity index (χ0n) is 11.4. The molecule has 4 rings (SSSR count). The first kappa shape index (κ1) is 12.4. The van der Waals surface area contributed by atoms with Gasteiger partial charge in [-0.3, -0.25) is 9.59 Å². The molecule has 0 atom stereocenters. The average Bonchev–Trinajstić information content (AvgIpc) is 2.25. The fourth-order valence-corrected chi connectivity index (χ4v) is 5.33. The van der Waals surface area contributed by atoms with Gasteiger partial charge in [0.05, 0.1) is 6.42 Å². The molecule has 18 heavy (non-hydrogen) atoms. The van der Waals surface area contributed by atoms with E-state index in [9.17, 15) is 9.59 Å². The molecule has 4 bridgehead atoms. The van der Waals surface area contributed by atoms with Gasteiger partial charge >= 0.3 is 0 Å². The Morgan fingerprint density at radius 3 is 1.89 bits per heavy atom. The van der Waals surface area contributed by atoms with Crippen molar-refractivity contribution < 1.29 is 9.59 Å². The van der Waals surface area contributed by atoms with Crippen LogP contribution in [0.15, 0.2) is 0 Å². The van der Waals surface area contributed by atoms with Gasteiger partial charge in [-0.2, -0.15) is 0 Å². The molecule has 2 nitrogen and oxygen atoms in total. The summed E-state index contributed by atoms with van der Waals surface area (Å²) in [7, 11) is 0. The van der Waals surface area contributed by atoms with Gasteiger partial charge in [-0.1, -0.05) is 6.92 Å². The van der Waals surface area contributed by atoms with E-state index in [0.717, 1.165) is 17.8 Å². The van der Waals surface area contributed by atoms with E-state index in [1.165, 1.54) is 38.5 Å². The van der Waals surface area contributed by atoms with Crippen LogP contribution in [-0.2, 0) is 9.59 Å². The van der Waals surface area contributed by atoms with Crippen LogP contribution in [-0.4, -0.2) is 11.6 Å². The molecule has 4 aliphatic carbocycles. The Kier molecular flexibility index (Phi) is 3.07. The normalized spacial score (nSPS) is 41.1. The molecule has 100 valence electrons. The Morgan fingerprint density at radius 1 is 0.944 bits per heavy atom. The smallest absolute Gasteiger partial charge is 0.140 e. The van der Waals surface area contributed by atoms with E-state index in [1.54, 1.807) is 0 Å². The lowest BCUT2D eigenvalue weighted by molar-refractivity contribution is -0.131. The van der Waals surface area contributed by atoms with Crippen LogP contribution in [0.1, 0.15) is 64.7 Å². The molecular weight excluding hydrogens is 224 g/mol. The summed E-state index contributed by atoms with van der Waals surface area (Å²) in [5.74, 6) is 3.01. The van der Waals surface area contributed by atoms with E-state index in [0.29, 0.717) is 18.3 Å². The summed E-state index contributed by atoms with van der Waals surface area (Å²) in [6.45, 7) is 1.85. The van der Waals surface area contributed by atoms with Crippen molar-refractivity contribution in [2.24, 2.45) is 23.2 Å². The van der Waals surface area contributed by atoms with Gasteiger partial charge in [-0.15, -0.1) is 0 Å². The van der Waals surface area contributed by atoms with Gasteiger partial charge in [0.15, 0.2) is 0 Å². The van der Waals surface area contributed by atoms with Crippen LogP contribution in [0.25, 0.3) is 0 Å². The minimum absolute atomic E-state index is 0.115. The van der Waals surface area contributed by atoms with Crippen LogP contribution in [0.5, 0.6) is 0 Å². The highest BCUT2D eigenvalue weighted by atomic mass is 16.1. The fraction of sp³-hybridized carbons (Fsp3) is 0.875. The second-order valence-corrected chi connectivity index (χ2v) is 7.20. The molecule has 4 fully saturated rings. The zero-order chi connectivity index (χ0) is 12.8. The van der Waals surface area contributed by atoms with E-state index < -0.39 is 0 Å². The highest BCUT2D eigenvalue weighted by Gasteiger charge is 2.51. The van der Waals surface area contributed by atoms with Crippen molar-refractivity contribution in [3.63, 3.8) is 0 Å². The number of carbonyl (C=O) groups is 2. The molecule has 0 spiro atoms. The predicted octanol–water partition coefficient (Wildman–Crippen LogP) is 3.53. The Bertz CT molecular complexity index is 334. The number of Topliss-reactive ketones (excluding diaryl/α,β-unsaturated/α-hetero) is 2. The second-order valence-electron chi connectivity index (χ2n) is 7.20. The van der Waals surface area contributed by atoms with Crippen molar-refractivity contribution in [1.82, 2.24) is 0 Å².